The van der Waals surface area contributed by atoms with Crippen LogP contribution in [0.5, 0.6) is 5.75 Å². The Morgan fingerprint density at radius 1 is 1.04 bits per heavy atom. The molecule has 6 nitrogen and oxygen atoms in total. The fraction of sp³-hybridized carbons (Fsp3) is 0.222. The normalized spacial score (nSPS) is 12.3. The van der Waals surface area contributed by atoms with Crippen molar-refractivity contribution < 1.29 is 33.0 Å². The largest absolute Gasteiger partial charge is 0.508 e. The molecule has 0 fully saturated rings. The van der Waals surface area contributed by atoms with E-state index in [0.717, 1.165) is 12.1 Å². The molecule has 0 saturated heterocycles. The van der Waals surface area contributed by atoms with Crippen molar-refractivity contribution in [1.82, 2.24) is 10.6 Å². The van der Waals surface area contributed by atoms with Crippen molar-refractivity contribution >= 4 is 11.8 Å². The molecule has 2 rings (SSSR count). The first-order valence-electron chi connectivity index (χ1n) is 7.86. The maximum atomic E-state index is 12.7. The number of carbonyl (C=O) groups is 2. The molecule has 2 aromatic rings. The van der Waals surface area contributed by atoms with Crippen molar-refractivity contribution in [2.45, 2.75) is 12.3 Å². The predicted octanol–water partition coefficient (Wildman–Crippen LogP) is 1.99. The van der Waals surface area contributed by atoms with E-state index in [1.165, 1.54) is 36.4 Å². The molecule has 27 heavy (non-hydrogen) atoms. The van der Waals surface area contributed by atoms with Crippen LogP contribution in [0.2, 0.25) is 0 Å². The molecule has 2 amide bonds. The summed E-state index contributed by atoms with van der Waals surface area (Å²) in [7, 11) is 0. The fourth-order valence-corrected chi connectivity index (χ4v) is 2.22. The van der Waals surface area contributed by atoms with E-state index in [1.54, 1.807) is 0 Å². The fourth-order valence-electron chi connectivity index (χ4n) is 2.22. The molecule has 144 valence electrons. The smallest absolute Gasteiger partial charge is 0.416 e. The van der Waals surface area contributed by atoms with E-state index >= 15 is 0 Å². The molecule has 0 aromatic heterocycles. The van der Waals surface area contributed by atoms with Gasteiger partial charge >= 0.3 is 6.18 Å². The highest BCUT2D eigenvalue weighted by atomic mass is 19.4. The van der Waals surface area contributed by atoms with Gasteiger partial charge in [0, 0.05) is 12.1 Å². The lowest BCUT2D eigenvalue weighted by Crippen LogP contribution is -2.38. The molecule has 0 heterocycles. The molecular formula is C18H17F3N2O4. The average molecular weight is 382 g/mol. The van der Waals surface area contributed by atoms with E-state index < -0.39 is 36.2 Å². The number of aliphatic hydroxyl groups is 1. The van der Waals surface area contributed by atoms with Crippen LogP contribution >= 0.6 is 0 Å². The number of aromatic hydroxyl groups is 1. The molecular weight excluding hydrogens is 365 g/mol. The molecule has 0 radical (unpaired) electrons. The lowest BCUT2D eigenvalue weighted by molar-refractivity contribution is -0.137. The lowest BCUT2D eigenvalue weighted by atomic mass is 10.1. The van der Waals surface area contributed by atoms with Gasteiger partial charge in [0.2, 0.25) is 5.91 Å². The third kappa shape index (κ3) is 6.00. The molecule has 1 atom stereocenters. The number of halogens is 3. The molecule has 0 aliphatic heterocycles. The number of hydrogen-bond donors (Lipinski definition) is 4. The van der Waals surface area contributed by atoms with E-state index in [-0.39, 0.29) is 23.4 Å². The van der Waals surface area contributed by atoms with Gasteiger partial charge in [-0.3, -0.25) is 9.59 Å². The highest BCUT2D eigenvalue weighted by Gasteiger charge is 2.30. The van der Waals surface area contributed by atoms with E-state index in [2.05, 4.69) is 10.6 Å². The summed E-state index contributed by atoms with van der Waals surface area (Å²) in [6, 6.07) is 9.70. The zero-order valence-electron chi connectivity index (χ0n) is 14.0. The van der Waals surface area contributed by atoms with Crippen LogP contribution in [0.4, 0.5) is 13.2 Å². The number of rotatable bonds is 6. The van der Waals surface area contributed by atoms with Crippen molar-refractivity contribution in [3.8, 4) is 5.75 Å². The van der Waals surface area contributed by atoms with Crippen LogP contribution < -0.4 is 10.6 Å². The summed E-state index contributed by atoms with van der Waals surface area (Å²) < 4.78 is 38.0. The van der Waals surface area contributed by atoms with Crippen LogP contribution in [0.25, 0.3) is 0 Å². The molecule has 9 heteroatoms. The van der Waals surface area contributed by atoms with E-state index in [1.807, 2.05) is 0 Å². The minimum Gasteiger partial charge on any atom is -0.508 e. The van der Waals surface area contributed by atoms with Crippen LogP contribution in [-0.4, -0.2) is 35.1 Å². The van der Waals surface area contributed by atoms with Crippen molar-refractivity contribution in [2.24, 2.45) is 0 Å². The summed E-state index contributed by atoms with van der Waals surface area (Å²) in [5.74, 6) is -1.31. The summed E-state index contributed by atoms with van der Waals surface area (Å²) in [4.78, 5) is 23.6. The van der Waals surface area contributed by atoms with Gasteiger partial charge in [-0.2, -0.15) is 13.2 Å². The molecule has 0 aliphatic rings. The van der Waals surface area contributed by atoms with Gasteiger partial charge < -0.3 is 20.8 Å². The van der Waals surface area contributed by atoms with Gasteiger partial charge in [-0.05, 0) is 35.9 Å². The second-order valence-corrected chi connectivity index (χ2v) is 5.68. The number of carbonyl (C=O) groups excluding carboxylic acids is 2. The topological polar surface area (TPSA) is 98.7 Å². The molecule has 4 N–H and O–H groups in total. The maximum Gasteiger partial charge on any atom is 0.416 e. The minimum absolute atomic E-state index is 0.00826. The minimum atomic E-state index is -4.53. The number of hydrogen-bond acceptors (Lipinski definition) is 4. The van der Waals surface area contributed by atoms with Gasteiger partial charge in [0.15, 0.2) is 0 Å². The number of phenols is 1. The Labute approximate surface area is 152 Å². The first kappa shape index (κ1) is 20.2. The number of aliphatic hydroxyl groups excluding tert-OH is 1. The predicted molar refractivity (Wildman–Crippen MR) is 89.9 cm³/mol. The molecule has 0 unspecified atom stereocenters. The summed E-state index contributed by atoms with van der Waals surface area (Å²) in [5, 5.41) is 23.9. The number of phenolic OH excluding ortho intramolecular Hbond substituents is 1. The maximum absolute atomic E-state index is 12.7. The summed E-state index contributed by atoms with van der Waals surface area (Å²) in [5.41, 5.74) is -0.732. The number of amides is 2. The zero-order valence-corrected chi connectivity index (χ0v) is 14.0. The Bertz CT molecular complexity index is 824. The Morgan fingerprint density at radius 2 is 1.74 bits per heavy atom. The standard InChI is InChI=1S/C18H17F3N2O4/c19-18(20,21)13-5-1-3-11(7-13)15(25)9-22-16(26)10-23-17(27)12-4-2-6-14(24)8-12/h1-8,15,24-25H,9-10H2,(H,22,26)(H,23,27)/t15-/m0/s1. The molecule has 0 aliphatic carbocycles. The van der Waals surface area contributed by atoms with Gasteiger partial charge in [0.05, 0.1) is 18.2 Å². The van der Waals surface area contributed by atoms with E-state index in [0.29, 0.717) is 0 Å². The van der Waals surface area contributed by atoms with Gasteiger partial charge in [0.1, 0.15) is 5.75 Å². The monoisotopic (exact) mass is 382 g/mol. The summed E-state index contributed by atoms with van der Waals surface area (Å²) >= 11 is 0. The third-order valence-electron chi connectivity index (χ3n) is 3.61. The van der Waals surface area contributed by atoms with Crippen LogP contribution in [0, 0.1) is 0 Å². The van der Waals surface area contributed by atoms with Gasteiger partial charge in [0.25, 0.3) is 5.91 Å². The van der Waals surface area contributed by atoms with Crippen LogP contribution in [0.1, 0.15) is 27.6 Å². The van der Waals surface area contributed by atoms with E-state index in [4.69, 9.17) is 0 Å². The van der Waals surface area contributed by atoms with Crippen molar-refractivity contribution in [3.05, 3.63) is 65.2 Å². The molecule has 0 saturated carbocycles. The van der Waals surface area contributed by atoms with E-state index in [9.17, 15) is 33.0 Å². The Hall–Kier alpha value is -3.07. The number of nitrogens with one attached hydrogen (secondary N) is 2. The van der Waals surface area contributed by atoms with Gasteiger partial charge in [-0.1, -0.05) is 18.2 Å². The van der Waals surface area contributed by atoms with Crippen molar-refractivity contribution in [1.29, 1.82) is 0 Å². The lowest BCUT2D eigenvalue weighted by Gasteiger charge is -2.14. The Balaban J connectivity index is 1.84. The van der Waals surface area contributed by atoms with Gasteiger partial charge in [-0.15, -0.1) is 0 Å². The highest BCUT2D eigenvalue weighted by Crippen LogP contribution is 2.30. The quantitative estimate of drug-likeness (QED) is 0.614. The molecule has 0 spiro atoms. The summed E-state index contributed by atoms with van der Waals surface area (Å²) in [6.07, 6.45) is -5.87. The third-order valence-corrected chi connectivity index (χ3v) is 3.61. The first-order chi connectivity index (χ1) is 12.7. The molecule has 2 aromatic carbocycles. The number of benzene rings is 2. The van der Waals surface area contributed by atoms with Crippen LogP contribution in [0.15, 0.2) is 48.5 Å². The first-order valence-corrected chi connectivity index (χ1v) is 7.86. The van der Waals surface area contributed by atoms with Crippen LogP contribution in [0.3, 0.4) is 0 Å². The Kier molecular flexibility index (Phi) is 6.40. The average Bonchev–Trinajstić information content (AvgIpc) is 2.63. The number of alkyl halides is 3. The van der Waals surface area contributed by atoms with Crippen molar-refractivity contribution in [3.63, 3.8) is 0 Å². The second-order valence-electron chi connectivity index (χ2n) is 5.68. The molecule has 0 bridgehead atoms. The van der Waals surface area contributed by atoms with Gasteiger partial charge in [-0.25, -0.2) is 0 Å². The summed E-state index contributed by atoms with van der Waals surface area (Å²) in [6.45, 7) is -0.716. The zero-order chi connectivity index (χ0) is 20.0. The van der Waals surface area contributed by atoms with Crippen LogP contribution in [-0.2, 0) is 11.0 Å². The Morgan fingerprint density at radius 3 is 2.41 bits per heavy atom. The highest BCUT2D eigenvalue weighted by molar-refractivity contribution is 5.96. The second kappa shape index (κ2) is 8.54. The van der Waals surface area contributed by atoms with Crippen molar-refractivity contribution in [2.75, 3.05) is 13.1 Å². The SMILES string of the molecule is O=C(CNC(=O)c1cccc(O)c1)NC[C@H](O)c1cccc(C(F)(F)F)c1.